The molecule has 0 saturated carbocycles. The molecule has 0 fully saturated rings. The second kappa shape index (κ2) is 4.14. The minimum absolute atomic E-state index is 0.00282. The Bertz CT molecular complexity index is 709. The Kier molecular flexibility index (Phi) is 2.48. The van der Waals surface area contributed by atoms with Gasteiger partial charge in [0.25, 0.3) is 0 Å². The zero-order chi connectivity index (χ0) is 12.5. The Morgan fingerprint density at radius 1 is 1.39 bits per heavy atom. The van der Waals surface area contributed by atoms with Gasteiger partial charge in [-0.1, -0.05) is 18.2 Å². The third-order valence-electron chi connectivity index (χ3n) is 2.85. The van der Waals surface area contributed by atoms with Crippen LogP contribution in [0.4, 0.5) is 0 Å². The zero-order valence-corrected chi connectivity index (χ0v) is 9.96. The number of furan rings is 1. The highest BCUT2D eigenvalue weighted by molar-refractivity contribution is 6.06. The number of aryl methyl sites for hydroxylation is 1. The van der Waals surface area contributed by atoms with Crippen molar-refractivity contribution in [1.82, 2.24) is 9.78 Å². The van der Waals surface area contributed by atoms with Crippen LogP contribution in [0.3, 0.4) is 0 Å². The van der Waals surface area contributed by atoms with E-state index in [0.29, 0.717) is 5.56 Å². The molecule has 0 aliphatic carbocycles. The summed E-state index contributed by atoms with van der Waals surface area (Å²) in [6.45, 7) is 2.18. The van der Waals surface area contributed by atoms with Crippen molar-refractivity contribution in [2.24, 2.45) is 0 Å². The molecule has 2 aromatic heterocycles. The van der Waals surface area contributed by atoms with Crippen molar-refractivity contribution in [1.29, 1.82) is 0 Å². The SMILES string of the molecule is Cc1cnn(CC(=O)c2coc3ccccc23)c1. The van der Waals surface area contributed by atoms with E-state index in [4.69, 9.17) is 4.42 Å². The van der Waals surface area contributed by atoms with E-state index in [1.54, 1.807) is 10.9 Å². The van der Waals surface area contributed by atoms with Crippen molar-refractivity contribution in [2.45, 2.75) is 13.5 Å². The van der Waals surface area contributed by atoms with Gasteiger partial charge in [0.2, 0.25) is 0 Å². The van der Waals surface area contributed by atoms with Gasteiger partial charge in [-0.2, -0.15) is 5.10 Å². The first-order valence-electron chi connectivity index (χ1n) is 5.72. The first kappa shape index (κ1) is 10.8. The fraction of sp³-hybridized carbons (Fsp3) is 0.143. The molecule has 0 aliphatic rings. The number of hydrogen-bond donors (Lipinski definition) is 0. The average molecular weight is 240 g/mol. The summed E-state index contributed by atoms with van der Waals surface area (Å²) >= 11 is 0. The molecule has 3 aromatic rings. The Hall–Kier alpha value is -2.36. The lowest BCUT2D eigenvalue weighted by molar-refractivity contribution is 0.0968. The van der Waals surface area contributed by atoms with Crippen LogP contribution in [0.25, 0.3) is 11.0 Å². The van der Waals surface area contributed by atoms with Crippen LogP contribution in [-0.2, 0) is 6.54 Å². The molecule has 4 nitrogen and oxygen atoms in total. The lowest BCUT2D eigenvalue weighted by Gasteiger charge is -1.99. The van der Waals surface area contributed by atoms with E-state index in [2.05, 4.69) is 5.10 Å². The number of benzene rings is 1. The summed E-state index contributed by atoms with van der Waals surface area (Å²) in [5, 5.41) is 4.96. The number of ketones is 1. The normalized spacial score (nSPS) is 10.9. The summed E-state index contributed by atoms with van der Waals surface area (Å²) in [4.78, 5) is 12.2. The van der Waals surface area contributed by atoms with Gasteiger partial charge in [0.1, 0.15) is 18.4 Å². The van der Waals surface area contributed by atoms with Crippen molar-refractivity contribution in [2.75, 3.05) is 0 Å². The number of rotatable bonds is 3. The third-order valence-corrected chi connectivity index (χ3v) is 2.85. The van der Waals surface area contributed by atoms with Crippen molar-refractivity contribution in [3.63, 3.8) is 0 Å². The molecule has 1 aromatic carbocycles. The van der Waals surface area contributed by atoms with Crippen molar-refractivity contribution in [3.8, 4) is 0 Å². The van der Waals surface area contributed by atoms with E-state index in [1.165, 1.54) is 6.26 Å². The molecule has 0 atom stereocenters. The van der Waals surface area contributed by atoms with Gasteiger partial charge in [-0.3, -0.25) is 9.48 Å². The molecule has 3 rings (SSSR count). The molecule has 0 bridgehead atoms. The maximum Gasteiger partial charge on any atom is 0.188 e. The van der Waals surface area contributed by atoms with Crippen LogP contribution in [0.5, 0.6) is 0 Å². The fourth-order valence-corrected chi connectivity index (χ4v) is 1.98. The number of Topliss-reactive ketones (excluding diaryl/α,β-unsaturated/α-hetero) is 1. The summed E-state index contributed by atoms with van der Waals surface area (Å²) in [5.74, 6) is 0.00282. The van der Waals surface area contributed by atoms with Crippen molar-refractivity contribution >= 4 is 16.8 Å². The van der Waals surface area contributed by atoms with E-state index >= 15 is 0 Å². The van der Waals surface area contributed by atoms with Crippen molar-refractivity contribution < 1.29 is 9.21 Å². The predicted octanol–water partition coefficient (Wildman–Crippen LogP) is 2.82. The average Bonchev–Trinajstić information content (AvgIpc) is 2.95. The molecule has 0 aliphatic heterocycles. The minimum Gasteiger partial charge on any atom is -0.464 e. The molecule has 18 heavy (non-hydrogen) atoms. The van der Waals surface area contributed by atoms with Crippen LogP contribution in [-0.4, -0.2) is 15.6 Å². The van der Waals surface area contributed by atoms with Crippen LogP contribution in [0.15, 0.2) is 47.3 Å². The molecule has 0 saturated heterocycles. The van der Waals surface area contributed by atoms with Gasteiger partial charge in [-0.05, 0) is 18.6 Å². The first-order chi connectivity index (χ1) is 8.74. The van der Waals surface area contributed by atoms with Gasteiger partial charge in [0.15, 0.2) is 5.78 Å². The zero-order valence-electron chi connectivity index (χ0n) is 9.96. The maximum absolute atomic E-state index is 12.2. The monoisotopic (exact) mass is 240 g/mol. The molecule has 4 heteroatoms. The van der Waals surface area contributed by atoms with E-state index in [-0.39, 0.29) is 12.3 Å². The number of para-hydroxylation sites is 1. The van der Waals surface area contributed by atoms with Gasteiger partial charge in [-0.25, -0.2) is 0 Å². The van der Waals surface area contributed by atoms with Gasteiger partial charge < -0.3 is 4.42 Å². The molecule has 0 amide bonds. The lowest BCUT2D eigenvalue weighted by atomic mass is 10.1. The standard InChI is InChI=1S/C14H12N2O2/c1-10-6-15-16(7-10)8-13(17)12-9-18-14-5-3-2-4-11(12)14/h2-7,9H,8H2,1H3. The van der Waals surface area contributed by atoms with Crippen LogP contribution < -0.4 is 0 Å². The molecule has 2 heterocycles. The van der Waals surface area contributed by atoms with Gasteiger partial charge in [-0.15, -0.1) is 0 Å². The topological polar surface area (TPSA) is 48.0 Å². The number of fused-ring (bicyclic) bond motifs is 1. The molecule has 0 radical (unpaired) electrons. The number of hydrogen-bond acceptors (Lipinski definition) is 3. The van der Waals surface area contributed by atoms with Gasteiger partial charge in [0, 0.05) is 11.6 Å². The smallest absolute Gasteiger partial charge is 0.188 e. The van der Waals surface area contributed by atoms with Crippen molar-refractivity contribution in [3.05, 3.63) is 54.0 Å². The first-order valence-corrected chi connectivity index (χ1v) is 5.72. The Labute approximate surface area is 104 Å². The van der Waals surface area contributed by atoms with E-state index < -0.39 is 0 Å². The van der Waals surface area contributed by atoms with Gasteiger partial charge in [0.05, 0.1) is 11.8 Å². The summed E-state index contributed by atoms with van der Waals surface area (Å²) in [6, 6.07) is 7.52. The maximum atomic E-state index is 12.2. The molecule has 0 unspecified atom stereocenters. The molecule has 0 spiro atoms. The summed E-state index contributed by atoms with van der Waals surface area (Å²) in [5.41, 5.74) is 2.39. The number of carbonyl (C=O) groups excluding carboxylic acids is 1. The predicted molar refractivity (Wildman–Crippen MR) is 67.5 cm³/mol. The van der Waals surface area contributed by atoms with Crippen LogP contribution >= 0.6 is 0 Å². The van der Waals surface area contributed by atoms with Crippen LogP contribution in [0.1, 0.15) is 15.9 Å². The molecule has 90 valence electrons. The highest BCUT2D eigenvalue weighted by atomic mass is 16.3. The van der Waals surface area contributed by atoms with Gasteiger partial charge >= 0.3 is 0 Å². The Morgan fingerprint density at radius 3 is 3.00 bits per heavy atom. The highest BCUT2D eigenvalue weighted by Crippen LogP contribution is 2.21. The Morgan fingerprint density at radius 2 is 2.22 bits per heavy atom. The number of carbonyl (C=O) groups is 1. The third kappa shape index (κ3) is 1.82. The minimum atomic E-state index is 0.00282. The summed E-state index contributed by atoms with van der Waals surface area (Å²) in [7, 11) is 0. The van der Waals surface area contributed by atoms with E-state index in [1.807, 2.05) is 37.4 Å². The second-order valence-corrected chi connectivity index (χ2v) is 4.28. The van der Waals surface area contributed by atoms with Crippen LogP contribution in [0.2, 0.25) is 0 Å². The largest absolute Gasteiger partial charge is 0.464 e. The quantitative estimate of drug-likeness (QED) is 0.661. The highest BCUT2D eigenvalue weighted by Gasteiger charge is 2.13. The lowest BCUT2D eigenvalue weighted by Crippen LogP contribution is -2.10. The number of nitrogens with zero attached hydrogens (tertiary/aromatic N) is 2. The second-order valence-electron chi connectivity index (χ2n) is 4.28. The van der Waals surface area contributed by atoms with Crippen LogP contribution in [0, 0.1) is 6.92 Å². The fourth-order valence-electron chi connectivity index (χ4n) is 1.98. The molecule has 0 N–H and O–H groups in total. The van der Waals surface area contributed by atoms with E-state index in [0.717, 1.165) is 16.5 Å². The number of aromatic nitrogens is 2. The summed E-state index contributed by atoms with van der Waals surface area (Å²) in [6.07, 6.45) is 5.10. The van der Waals surface area contributed by atoms with E-state index in [9.17, 15) is 4.79 Å². The Balaban J connectivity index is 1.92. The molecular formula is C14H12N2O2. The molecular weight excluding hydrogens is 228 g/mol. The summed E-state index contributed by atoms with van der Waals surface area (Å²) < 4.78 is 7.00.